The number of amides is 2. The molecule has 2 aliphatic rings. The van der Waals surface area contributed by atoms with Gasteiger partial charge in [0.25, 0.3) is 0 Å². The van der Waals surface area contributed by atoms with Gasteiger partial charge >= 0.3 is 0 Å². The lowest BCUT2D eigenvalue weighted by molar-refractivity contribution is -0.121. The van der Waals surface area contributed by atoms with Gasteiger partial charge < -0.3 is 10.6 Å². The zero-order valence-corrected chi connectivity index (χ0v) is 20.3. The normalized spacial score (nSPS) is 19.8. The highest BCUT2D eigenvalue weighted by Gasteiger charge is 2.33. The van der Waals surface area contributed by atoms with Gasteiger partial charge in [-0.1, -0.05) is 6.07 Å². The van der Waals surface area contributed by atoms with Gasteiger partial charge in [-0.25, -0.2) is 8.42 Å². The number of carbonyl (C=O) groups is 2. The molecule has 1 saturated heterocycles. The monoisotopic (exact) mass is 491 g/mol. The average Bonchev–Trinajstić information content (AvgIpc) is 2.79. The number of fused-ring (bicyclic) bond motifs is 1. The van der Waals surface area contributed by atoms with E-state index in [9.17, 15) is 18.0 Å². The van der Waals surface area contributed by atoms with Crippen molar-refractivity contribution in [2.24, 2.45) is 5.92 Å². The third kappa shape index (κ3) is 4.83. The molecule has 1 fully saturated rings. The van der Waals surface area contributed by atoms with Gasteiger partial charge in [0.2, 0.25) is 21.8 Å². The Kier molecular flexibility index (Phi) is 6.85. The topological polar surface area (TPSA) is 95.6 Å². The number of nitrogens with one attached hydrogen (secondary N) is 2. The molecule has 0 aromatic heterocycles. The zero-order chi connectivity index (χ0) is 22.9. The van der Waals surface area contributed by atoms with E-state index in [0.29, 0.717) is 18.5 Å². The summed E-state index contributed by atoms with van der Waals surface area (Å²) >= 11 is 3.02. The van der Waals surface area contributed by atoms with Gasteiger partial charge in [0.15, 0.2) is 0 Å². The van der Waals surface area contributed by atoms with Crippen LogP contribution in [0, 0.1) is 5.92 Å². The average molecular weight is 492 g/mol. The van der Waals surface area contributed by atoms with Crippen LogP contribution < -0.4 is 10.6 Å². The number of piperidine rings is 1. The predicted molar refractivity (Wildman–Crippen MR) is 129 cm³/mol. The number of thioether (sulfide) groups is 2. The number of rotatable bonds is 5. The Morgan fingerprint density at radius 2 is 1.94 bits per heavy atom. The first-order chi connectivity index (χ1) is 15.3. The Labute approximate surface area is 196 Å². The molecule has 2 aliphatic heterocycles. The highest BCUT2D eigenvalue weighted by molar-refractivity contribution is 8.01. The summed E-state index contributed by atoms with van der Waals surface area (Å²) in [6, 6.07) is 12.5. The molecule has 2 aromatic rings. The minimum Gasteiger partial charge on any atom is -0.326 e. The maximum Gasteiger partial charge on any atom is 0.243 e. The fourth-order valence-corrected chi connectivity index (χ4v) is 6.69. The summed E-state index contributed by atoms with van der Waals surface area (Å²) in [6.45, 7) is 2.37. The van der Waals surface area contributed by atoms with Crippen molar-refractivity contribution in [3.63, 3.8) is 0 Å². The number of anilines is 2. The highest BCUT2D eigenvalue weighted by atomic mass is 32.2. The Bertz CT molecular complexity index is 1140. The van der Waals surface area contributed by atoms with E-state index in [1.54, 1.807) is 23.9 Å². The third-order valence-corrected chi connectivity index (χ3v) is 9.48. The quantitative estimate of drug-likeness (QED) is 0.617. The molecule has 0 unspecified atom stereocenters. The molecular formula is C22H25N3O4S3. The minimum absolute atomic E-state index is 0.0806. The first-order valence-electron chi connectivity index (χ1n) is 10.3. The lowest BCUT2D eigenvalue weighted by Crippen LogP contribution is -2.41. The van der Waals surface area contributed by atoms with Crippen LogP contribution in [0.1, 0.15) is 19.8 Å². The summed E-state index contributed by atoms with van der Waals surface area (Å²) < 4.78 is 27.7. The molecule has 0 bridgehead atoms. The molecule has 2 aromatic carbocycles. The van der Waals surface area contributed by atoms with E-state index in [2.05, 4.69) is 10.6 Å². The molecule has 0 radical (unpaired) electrons. The number of benzene rings is 2. The smallest absolute Gasteiger partial charge is 0.243 e. The van der Waals surface area contributed by atoms with E-state index >= 15 is 0 Å². The van der Waals surface area contributed by atoms with Crippen molar-refractivity contribution in [3.8, 4) is 0 Å². The summed E-state index contributed by atoms with van der Waals surface area (Å²) in [4.78, 5) is 26.7. The maximum absolute atomic E-state index is 13.2. The van der Waals surface area contributed by atoms with Gasteiger partial charge in [0.1, 0.15) is 0 Å². The molecule has 0 saturated carbocycles. The van der Waals surface area contributed by atoms with Crippen LogP contribution in [0.2, 0.25) is 0 Å². The van der Waals surface area contributed by atoms with E-state index in [4.69, 9.17) is 0 Å². The van der Waals surface area contributed by atoms with Crippen molar-refractivity contribution in [3.05, 3.63) is 42.5 Å². The van der Waals surface area contributed by atoms with Crippen molar-refractivity contribution >= 4 is 56.7 Å². The first kappa shape index (κ1) is 23.2. The fraction of sp³-hybridized carbons (Fsp3) is 0.364. The SMILES string of the molecule is CSc1cccc(NC(=O)C2CCN(S(=O)(=O)c3ccc4c(c3)NC(=O)[C@H](C)S4)CC2)c1. The van der Waals surface area contributed by atoms with Crippen LogP contribution in [0.5, 0.6) is 0 Å². The van der Waals surface area contributed by atoms with Crippen LogP contribution in [0.25, 0.3) is 0 Å². The van der Waals surface area contributed by atoms with Crippen LogP contribution in [0.4, 0.5) is 11.4 Å². The number of nitrogens with zero attached hydrogens (tertiary/aromatic N) is 1. The summed E-state index contributed by atoms with van der Waals surface area (Å²) in [5, 5.41) is 5.52. The molecule has 2 heterocycles. The Morgan fingerprint density at radius 3 is 2.66 bits per heavy atom. The molecule has 1 atom stereocenters. The lowest BCUT2D eigenvalue weighted by atomic mass is 9.97. The van der Waals surface area contributed by atoms with Crippen molar-refractivity contribution in [1.29, 1.82) is 0 Å². The summed E-state index contributed by atoms with van der Waals surface area (Å²) in [6.07, 6.45) is 2.90. The maximum atomic E-state index is 13.2. The van der Waals surface area contributed by atoms with Crippen LogP contribution >= 0.6 is 23.5 Å². The summed E-state index contributed by atoms with van der Waals surface area (Å²) in [5.74, 6) is -0.449. The van der Waals surface area contributed by atoms with Gasteiger partial charge in [-0.3, -0.25) is 9.59 Å². The molecule has 4 rings (SSSR count). The minimum atomic E-state index is -3.71. The molecule has 0 spiro atoms. The summed E-state index contributed by atoms with van der Waals surface area (Å²) in [7, 11) is -3.71. The molecular weight excluding hydrogens is 466 g/mol. The number of hydrogen-bond donors (Lipinski definition) is 2. The third-order valence-electron chi connectivity index (χ3n) is 5.68. The molecule has 2 amide bonds. The molecule has 0 aliphatic carbocycles. The Balaban J connectivity index is 1.40. The van der Waals surface area contributed by atoms with Gasteiger partial charge in [0, 0.05) is 34.5 Å². The van der Waals surface area contributed by atoms with E-state index in [0.717, 1.165) is 15.5 Å². The predicted octanol–water partition coefficient (Wildman–Crippen LogP) is 3.88. The Morgan fingerprint density at radius 1 is 1.19 bits per heavy atom. The fourth-order valence-electron chi connectivity index (χ4n) is 3.80. The second kappa shape index (κ2) is 9.46. The molecule has 7 nitrogen and oxygen atoms in total. The number of carbonyl (C=O) groups excluding carboxylic acids is 2. The van der Waals surface area contributed by atoms with Crippen LogP contribution in [-0.4, -0.2) is 49.1 Å². The van der Waals surface area contributed by atoms with E-state index in [1.807, 2.05) is 37.4 Å². The largest absolute Gasteiger partial charge is 0.326 e. The van der Waals surface area contributed by atoms with Gasteiger partial charge in [-0.2, -0.15) is 4.31 Å². The number of sulfonamides is 1. The molecule has 2 N–H and O–H groups in total. The van der Waals surface area contributed by atoms with Crippen molar-refractivity contribution in [2.75, 3.05) is 30.0 Å². The standard InChI is InChI=1S/C22H25N3O4S3/c1-14-21(26)24-19-13-18(6-7-20(19)31-14)32(28,29)25-10-8-15(9-11-25)22(27)23-16-4-3-5-17(12-16)30-2/h3-7,12-15H,8-11H2,1-2H3,(H,23,27)(H,24,26)/t14-/m0/s1. The lowest BCUT2D eigenvalue weighted by Gasteiger charge is -2.31. The van der Waals surface area contributed by atoms with Crippen molar-refractivity contribution < 1.29 is 18.0 Å². The van der Waals surface area contributed by atoms with Crippen molar-refractivity contribution in [1.82, 2.24) is 4.31 Å². The van der Waals surface area contributed by atoms with E-state index < -0.39 is 10.0 Å². The molecule has 10 heteroatoms. The summed E-state index contributed by atoms with van der Waals surface area (Å²) in [5.41, 5.74) is 1.28. The van der Waals surface area contributed by atoms with Gasteiger partial charge in [-0.05, 0) is 62.4 Å². The highest BCUT2D eigenvalue weighted by Crippen LogP contribution is 2.37. The second-order valence-electron chi connectivity index (χ2n) is 7.81. The van der Waals surface area contributed by atoms with Crippen LogP contribution in [0.15, 0.2) is 57.2 Å². The molecule has 170 valence electrons. The van der Waals surface area contributed by atoms with Gasteiger partial charge in [0.05, 0.1) is 15.8 Å². The van der Waals surface area contributed by atoms with Gasteiger partial charge in [-0.15, -0.1) is 23.5 Å². The van der Waals surface area contributed by atoms with Crippen molar-refractivity contribution in [2.45, 2.75) is 39.7 Å². The number of hydrogen-bond acceptors (Lipinski definition) is 6. The van der Waals surface area contributed by atoms with Crippen LogP contribution in [0.3, 0.4) is 0 Å². The molecule has 32 heavy (non-hydrogen) atoms. The Hall–Kier alpha value is -2.01. The van der Waals surface area contributed by atoms with E-state index in [1.165, 1.54) is 22.1 Å². The second-order valence-corrected chi connectivity index (χ2v) is 12.0. The van der Waals surface area contributed by atoms with Crippen LogP contribution in [-0.2, 0) is 19.6 Å². The first-order valence-corrected chi connectivity index (χ1v) is 13.9. The van der Waals surface area contributed by atoms with E-state index in [-0.39, 0.29) is 41.0 Å². The zero-order valence-electron chi connectivity index (χ0n) is 17.8.